The van der Waals surface area contributed by atoms with Gasteiger partial charge < -0.3 is 15.1 Å². The summed E-state index contributed by atoms with van der Waals surface area (Å²) in [5.41, 5.74) is 1.24. The van der Waals surface area contributed by atoms with E-state index in [0.717, 1.165) is 4.31 Å². The standard InChI is InChI=1S/C29H29Cl3N6O5S/c1-16(2)36-15-26-37(44(42,43)25-9-8-20(31)11-21(25)32)14-23(35-27(39)22-13-33-17(3)12-34-22)28(40)38(26)24(29(36)41)10-18-4-6-19(30)7-5-18/h4-9,11-13,16,23-24,26H,10,14-15H2,1-3H3,(H,35,39). The van der Waals surface area contributed by atoms with E-state index < -0.39 is 46.6 Å². The van der Waals surface area contributed by atoms with E-state index in [1.807, 2.05) is 13.8 Å². The molecule has 5 rings (SSSR count). The van der Waals surface area contributed by atoms with Crippen LogP contribution in [0.5, 0.6) is 0 Å². The minimum Gasteiger partial charge on any atom is -0.338 e. The van der Waals surface area contributed by atoms with Crippen LogP contribution in [0.2, 0.25) is 15.1 Å². The third kappa shape index (κ3) is 6.27. The van der Waals surface area contributed by atoms with Crippen molar-refractivity contribution in [3.8, 4) is 0 Å². The number of benzene rings is 2. The van der Waals surface area contributed by atoms with Gasteiger partial charge in [-0.25, -0.2) is 13.4 Å². The summed E-state index contributed by atoms with van der Waals surface area (Å²) < 4.78 is 29.7. The molecule has 3 heterocycles. The molecule has 3 amide bonds. The number of rotatable bonds is 7. The second-order valence-corrected chi connectivity index (χ2v) is 14.0. The van der Waals surface area contributed by atoms with Gasteiger partial charge in [0.2, 0.25) is 21.8 Å². The molecular formula is C29H29Cl3N6O5S. The van der Waals surface area contributed by atoms with Crippen LogP contribution in [0.3, 0.4) is 0 Å². The number of sulfonamides is 1. The van der Waals surface area contributed by atoms with Crippen molar-refractivity contribution in [3.63, 3.8) is 0 Å². The summed E-state index contributed by atoms with van der Waals surface area (Å²) in [6, 6.07) is 8.09. The van der Waals surface area contributed by atoms with Crippen LogP contribution in [0.25, 0.3) is 0 Å². The molecule has 2 aliphatic heterocycles. The van der Waals surface area contributed by atoms with Crippen molar-refractivity contribution in [1.29, 1.82) is 0 Å². The molecule has 2 fully saturated rings. The molecule has 2 saturated heterocycles. The summed E-state index contributed by atoms with van der Waals surface area (Å²) in [5.74, 6) is -1.68. The molecule has 0 aliphatic carbocycles. The first-order chi connectivity index (χ1) is 20.8. The van der Waals surface area contributed by atoms with Crippen molar-refractivity contribution >= 4 is 62.5 Å². The summed E-state index contributed by atoms with van der Waals surface area (Å²) in [6.45, 7) is 4.84. The molecule has 0 radical (unpaired) electrons. The molecule has 0 bridgehead atoms. The van der Waals surface area contributed by atoms with Gasteiger partial charge in [-0.3, -0.25) is 19.4 Å². The number of carbonyl (C=O) groups is 3. The minimum absolute atomic E-state index is 0.0564. The highest BCUT2D eigenvalue weighted by atomic mass is 35.5. The molecule has 3 atom stereocenters. The molecule has 3 aromatic rings. The molecule has 232 valence electrons. The lowest BCUT2D eigenvalue weighted by molar-refractivity contribution is -0.168. The number of aryl methyl sites for hydroxylation is 1. The van der Waals surface area contributed by atoms with Gasteiger partial charge in [-0.1, -0.05) is 46.9 Å². The van der Waals surface area contributed by atoms with Crippen LogP contribution in [0.1, 0.15) is 35.6 Å². The molecule has 0 saturated carbocycles. The molecule has 2 aromatic carbocycles. The van der Waals surface area contributed by atoms with E-state index in [9.17, 15) is 22.8 Å². The fraction of sp³-hybridized carbons (Fsp3) is 0.345. The normalized spacial score (nSPS) is 21.0. The van der Waals surface area contributed by atoms with Gasteiger partial charge in [0.1, 0.15) is 28.8 Å². The Kier molecular flexibility index (Phi) is 9.20. The van der Waals surface area contributed by atoms with Gasteiger partial charge in [0.05, 0.1) is 23.5 Å². The van der Waals surface area contributed by atoms with Crippen molar-refractivity contribution in [2.24, 2.45) is 0 Å². The van der Waals surface area contributed by atoms with Crippen molar-refractivity contribution in [3.05, 3.63) is 86.9 Å². The predicted molar refractivity (Wildman–Crippen MR) is 165 cm³/mol. The van der Waals surface area contributed by atoms with Gasteiger partial charge in [-0.05, 0) is 56.7 Å². The van der Waals surface area contributed by atoms with Gasteiger partial charge in [-0.15, -0.1) is 0 Å². The van der Waals surface area contributed by atoms with Crippen LogP contribution in [-0.2, 0) is 26.0 Å². The third-order valence-corrected chi connectivity index (χ3v) is 10.4. The van der Waals surface area contributed by atoms with E-state index in [0.29, 0.717) is 16.3 Å². The van der Waals surface area contributed by atoms with Gasteiger partial charge in [0.25, 0.3) is 5.91 Å². The van der Waals surface area contributed by atoms with Crippen LogP contribution >= 0.6 is 34.8 Å². The number of amides is 3. The maximum absolute atomic E-state index is 14.3. The number of nitrogens with one attached hydrogen (secondary N) is 1. The van der Waals surface area contributed by atoms with Gasteiger partial charge in [0.15, 0.2) is 0 Å². The maximum Gasteiger partial charge on any atom is 0.272 e. The summed E-state index contributed by atoms with van der Waals surface area (Å²) in [7, 11) is -4.40. The molecular weight excluding hydrogens is 651 g/mol. The average Bonchev–Trinajstić information content (AvgIpc) is 2.96. The van der Waals surface area contributed by atoms with E-state index in [2.05, 4.69) is 15.3 Å². The molecule has 1 N–H and O–H groups in total. The lowest BCUT2D eigenvalue weighted by atomic mass is 9.96. The monoisotopic (exact) mass is 678 g/mol. The quantitative estimate of drug-likeness (QED) is 0.404. The summed E-state index contributed by atoms with van der Waals surface area (Å²) in [4.78, 5) is 52.1. The lowest BCUT2D eigenvalue weighted by Crippen LogP contribution is -2.76. The number of carbonyl (C=O) groups excluding carboxylic acids is 3. The van der Waals surface area contributed by atoms with E-state index in [4.69, 9.17) is 34.8 Å². The lowest BCUT2D eigenvalue weighted by Gasteiger charge is -2.54. The van der Waals surface area contributed by atoms with Gasteiger partial charge in [0, 0.05) is 35.2 Å². The molecule has 1 aromatic heterocycles. The zero-order valence-corrected chi connectivity index (χ0v) is 27.0. The predicted octanol–water partition coefficient (Wildman–Crippen LogP) is 3.56. The van der Waals surface area contributed by atoms with Crippen molar-refractivity contribution in [2.75, 3.05) is 13.1 Å². The van der Waals surface area contributed by atoms with Crippen LogP contribution < -0.4 is 5.32 Å². The number of halogens is 3. The van der Waals surface area contributed by atoms with Crippen LogP contribution in [0.15, 0.2) is 59.8 Å². The molecule has 2 aliphatic rings. The highest BCUT2D eigenvalue weighted by Crippen LogP contribution is 2.35. The van der Waals surface area contributed by atoms with Gasteiger partial charge in [-0.2, -0.15) is 4.31 Å². The van der Waals surface area contributed by atoms with E-state index in [1.54, 1.807) is 36.1 Å². The maximum atomic E-state index is 14.3. The number of fused-ring (bicyclic) bond motifs is 1. The Bertz CT molecular complexity index is 1710. The third-order valence-electron chi connectivity index (χ3n) is 7.60. The highest BCUT2D eigenvalue weighted by Gasteiger charge is 2.54. The van der Waals surface area contributed by atoms with Crippen LogP contribution in [-0.4, -0.2) is 87.6 Å². The summed E-state index contributed by atoms with van der Waals surface area (Å²) in [5, 5.41) is 3.25. The topological polar surface area (TPSA) is 133 Å². The second-order valence-electron chi connectivity index (χ2n) is 10.9. The van der Waals surface area contributed by atoms with Crippen LogP contribution in [0.4, 0.5) is 0 Å². The number of aromatic nitrogens is 2. The molecule has 15 heteroatoms. The Labute approximate surface area is 270 Å². The smallest absolute Gasteiger partial charge is 0.272 e. The van der Waals surface area contributed by atoms with Crippen molar-refractivity contribution < 1.29 is 22.8 Å². The largest absolute Gasteiger partial charge is 0.338 e. The Morgan fingerprint density at radius 1 is 0.977 bits per heavy atom. The van der Waals surface area contributed by atoms with Gasteiger partial charge >= 0.3 is 0 Å². The Morgan fingerprint density at radius 3 is 2.27 bits per heavy atom. The van der Waals surface area contributed by atoms with Crippen molar-refractivity contribution in [2.45, 2.75) is 56.4 Å². The van der Waals surface area contributed by atoms with Crippen LogP contribution in [0, 0.1) is 6.92 Å². The fourth-order valence-corrected chi connectivity index (χ4v) is 7.83. The first-order valence-electron chi connectivity index (χ1n) is 13.7. The average molecular weight is 680 g/mol. The minimum atomic E-state index is -4.40. The Hall–Kier alpha value is -3.29. The summed E-state index contributed by atoms with van der Waals surface area (Å²) >= 11 is 18.5. The van der Waals surface area contributed by atoms with E-state index in [1.165, 1.54) is 35.5 Å². The molecule has 3 unspecified atom stereocenters. The SMILES string of the molecule is Cc1cnc(C(=O)NC2CN(S(=O)(=O)c3ccc(Cl)cc3Cl)C3CN(C(C)C)C(=O)C(Cc4ccc(Cl)cc4)N3C2=O)cn1. The first kappa shape index (κ1) is 32.1. The fourth-order valence-electron chi connectivity index (χ4n) is 5.38. The molecule has 0 spiro atoms. The van der Waals surface area contributed by atoms with E-state index in [-0.39, 0.29) is 45.5 Å². The highest BCUT2D eigenvalue weighted by molar-refractivity contribution is 7.89. The first-order valence-corrected chi connectivity index (χ1v) is 16.3. The number of piperazine rings is 1. The Morgan fingerprint density at radius 2 is 1.66 bits per heavy atom. The van der Waals surface area contributed by atoms with E-state index >= 15 is 0 Å². The summed E-state index contributed by atoms with van der Waals surface area (Å²) in [6.07, 6.45) is 1.65. The Balaban J connectivity index is 1.61. The molecule has 44 heavy (non-hydrogen) atoms. The second kappa shape index (κ2) is 12.6. The zero-order chi connectivity index (χ0) is 31.9. The van der Waals surface area contributed by atoms with Crippen molar-refractivity contribution in [1.82, 2.24) is 29.4 Å². The number of hydrogen-bond donors (Lipinski definition) is 1. The molecule has 11 nitrogen and oxygen atoms in total. The zero-order valence-electron chi connectivity index (χ0n) is 23.9. The number of hydrogen-bond acceptors (Lipinski definition) is 7. The number of nitrogens with zero attached hydrogens (tertiary/aromatic N) is 5.